The third-order valence-electron chi connectivity index (χ3n) is 4.89. The van der Waals surface area contributed by atoms with Gasteiger partial charge in [0, 0.05) is 16.9 Å². The van der Waals surface area contributed by atoms with Crippen molar-refractivity contribution in [3.05, 3.63) is 79.1 Å². The van der Waals surface area contributed by atoms with E-state index in [1.165, 1.54) is 23.5 Å². The van der Waals surface area contributed by atoms with Crippen LogP contribution in [0, 0.1) is 12.7 Å². The fraction of sp³-hybridized carbons (Fsp3) is 0.150. The van der Waals surface area contributed by atoms with Gasteiger partial charge in [0.15, 0.2) is 4.80 Å². The van der Waals surface area contributed by atoms with E-state index in [9.17, 15) is 14.0 Å². The zero-order chi connectivity index (χ0) is 19.4. The number of nitrogens with zero attached hydrogens (tertiary/aromatic N) is 3. The van der Waals surface area contributed by atoms with Crippen molar-refractivity contribution >= 4 is 34.2 Å². The largest absolute Gasteiger partial charge is 0.334 e. The van der Waals surface area contributed by atoms with Gasteiger partial charge in [0.1, 0.15) is 23.7 Å². The van der Waals surface area contributed by atoms with Gasteiger partial charge in [-0.15, -0.1) is 0 Å². The zero-order valence-electron chi connectivity index (χ0n) is 14.9. The first-order valence-electron chi connectivity index (χ1n) is 8.72. The highest BCUT2D eigenvalue weighted by atomic mass is 32.1. The molecule has 0 saturated heterocycles. The minimum atomic E-state index is -0.314. The predicted octanol–water partition coefficient (Wildman–Crippen LogP) is 1.56. The molecular formula is C20H15FN4O2S. The SMILES string of the molecule is Cc1ccc2c(c1)/C(=c1\sc3n(c1=O)CN(c1ccc(F)cc1)CN=3)C(=O)N2. The number of thiazole rings is 1. The van der Waals surface area contributed by atoms with Crippen molar-refractivity contribution < 1.29 is 9.18 Å². The first-order valence-corrected chi connectivity index (χ1v) is 9.54. The Kier molecular flexibility index (Phi) is 3.70. The fourth-order valence-corrected chi connectivity index (χ4v) is 4.54. The third kappa shape index (κ3) is 2.56. The second-order valence-electron chi connectivity index (χ2n) is 6.78. The van der Waals surface area contributed by atoms with E-state index >= 15 is 0 Å². The van der Waals surface area contributed by atoms with Crippen LogP contribution in [0.4, 0.5) is 15.8 Å². The molecule has 28 heavy (non-hydrogen) atoms. The number of aryl methyl sites for hydroxylation is 1. The van der Waals surface area contributed by atoms with Crippen molar-refractivity contribution in [3.63, 3.8) is 0 Å². The van der Waals surface area contributed by atoms with Crippen molar-refractivity contribution in [2.45, 2.75) is 13.6 Å². The number of hydrogen-bond acceptors (Lipinski definition) is 5. The molecule has 0 unspecified atom stereocenters. The van der Waals surface area contributed by atoms with E-state index in [1.807, 2.05) is 30.0 Å². The smallest absolute Gasteiger partial charge is 0.272 e. The monoisotopic (exact) mass is 394 g/mol. The Hall–Kier alpha value is -3.26. The van der Waals surface area contributed by atoms with Gasteiger partial charge in [0.2, 0.25) is 0 Å². The second kappa shape index (κ2) is 6.13. The Morgan fingerprint density at radius 3 is 2.71 bits per heavy atom. The molecule has 0 fully saturated rings. The number of benzene rings is 2. The number of halogens is 1. The van der Waals surface area contributed by atoms with Gasteiger partial charge in [0.05, 0.1) is 5.57 Å². The van der Waals surface area contributed by atoms with E-state index in [2.05, 4.69) is 10.3 Å². The highest BCUT2D eigenvalue weighted by Crippen LogP contribution is 2.30. The van der Waals surface area contributed by atoms with Gasteiger partial charge < -0.3 is 10.2 Å². The summed E-state index contributed by atoms with van der Waals surface area (Å²) < 4.78 is 15.1. The maximum absolute atomic E-state index is 13.2. The molecule has 1 aromatic heterocycles. The van der Waals surface area contributed by atoms with Crippen LogP contribution in [-0.2, 0) is 11.5 Å². The summed E-state index contributed by atoms with van der Waals surface area (Å²) in [6.07, 6.45) is 0. The summed E-state index contributed by atoms with van der Waals surface area (Å²) in [5.41, 5.74) is 3.42. The number of aromatic nitrogens is 1. The molecule has 0 aliphatic carbocycles. The number of amides is 1. The summed E-state index contributed by atoms with van der Waals surface area (Å²) in [5.74, 6) is -0.585. The number of fused-ring (bicyclic) bond motifs is 2. The Balaban J connectivity index is 1.65. The van der Waals surface area contributed by atoms with Crippen LogP contribution in [0.5, 0.6) is 0 Å². The Morgan fingerprint density at radius 2 is 1.93 bits per heavy atom. The average molecular weight is 394 g/mol. The number of rotatable bonds is 1. The molecule has 8 heteroatoms. The first kappa shape index (κ1) is 16.9. The minimum absolute atomic E-state index is 0.241. The lowest BCUT2D eigenvalue weighted by Gasteiger charge is -2.25. The highest BCUT2D eigenvalue weighted by Gasteiger charge is 2.28. The lowest BCUT2D eigenvalue weighted by atomic mass is 10.1. The van der Waals surface area contributed by atoms with Crippen molar-refractivity contribution in [2.75, 3.05) is 16.9 Å². The predicted molar refractivity (Wildman–Crippen MR) is 105 cm³/mol. The maximum atomic E-state index is 13.2. The van der Waals surface area contributed by atoms with Crippen molar-refractivity contribution in [2.24, 2.45) is 4.99 Å². The topological polar surface area (TPSA) is 66.7 Å². The Bertz CT molecular complexity index is 1310. The molecule has 0 spiro atoms. The summed E-state index contributed by atoms with van der Waals surface area (Å²) >= 11 is 1.23. The molecule has 5 rings (SSSR count). The molecule has 2 aliphatic heterocycles. The van der Waals surface area contributed by atoms with Crippen LogP contribution in [0.15, 0.2) is 52.3 Å². The van der Waals surface area contributed by atoms with Crippen LogP contribution in [-0.4, -0.2) is 17.1 Å². The molecule has 3 aromatic rings. The molecule has 1 amide bonds. The van der Waals surface area contributed by atoms with Crippen LogP contribution in [0.25, 0.3) is 5.57 Å². The van der Waals surface area contributed by atoms with E-state index in [0.29, 0.717) is 33.9 Å². The van der Waals surface area contributed by atoms with Gasteiger partial charge in [-0.25, -0.2) is 9.38 Å². The Labute approximate surface area is 162 Å². The third-order valence-corrected chi connectivity index (χ3v) is 6.01. The van der Waals surface area contributed by atoms with Gasteiger partial charge in [-0.1, -0.05) is 23.0 Å². The van der Waals surface area contributed by atoms with E-state index in [1.54, 1.807) is 16.7 Å². The molecule has 6 nitrogen and oxygen atoms in total. The van der Waals surface area contributed by atoms with E-state index in [4.69, 9.17) is 0 Å². The quantitative estimate of drug-likeness (QED) is 0.681. The first-order chi connectivity index (χ1) is 13.5. The number of hydrogen-bond donors (Lipinski definition) is 1. The molecule has 2 aromatic carbocycles. The fourth-order valence-electron chi connectivity index (χ4n) is 3.48. The molecule has 1 N–H and O–H groups in total. The zero-order valence-corrected chi connectivity index (χ0v) is 15.7. The second-order valence-corrected chi connectivity index (χ2v) is 7.76. The number of carbonyl (C=O) groups excluding carboxylic acids is 1. The van der Waals surface area contributed by atoms with E-state index in [0.717, 1.165) is 16.8 Å². The van der Waals surface area contributed by atoms with Gasteiger partial charge in [0.25, 0.3) is 11.5 Å². The van der Waals surface area contributed by atoms with Crippen LogP contribution < -0.4 is 25.1 Å². The summed E-state index contributed by atoms with van der Waals surface area (Å²) in [6, 6.07) is 11.8. The van der Waals surface area contributed by atoms with Crippen LogP contribution >= 0.6 is 11.3 Å². The van der Waals surface area contributed by atoms with Crippen molar-refractivity contribution in [3.8, 4) is 0 Å². The van der Waals surface area contributed by atoms with Gasteiger partial charge >= 0.3 is 0 Å². The van der Waals surface area contributed by atoms with Crippen molar-refractivity contribution in [1.82, 2.24) is 4.57 Å². The molecule has 0 atom stereocenters. The van der Waals surface area contributed by atoms with Crippen molar-refractivity contribution in [1.29, 1.82) is 0 Å². The summed E-state index contributed by atoms with van der Waals surface area (Å²) in [6.45, 7) is 2.61. The minimum Gasteiger partial charge on any atom is -0.334 e. The Morgan fingerprint density at radius 1 is 1.14 bits per heavy atom. The van der Waals surface area contributed by atoms with Gasteiger partial charge in [-0.3, -0.25) is 14.2 Å². The lowest BCUT2D eigenvalue weighted by molar-refractivity contribution is -0.110. The molecule has 0 bridgehead atoms. The standard InChI is InChI=1S/C20H15FN4O2S/c1-11-2-7-15-14(8-11)16(18(26)23-15)17-19(27)25-10-24(9-22-20(25)28-17)13-5-3-12(21)4-6-13/h2-8H,9-10H2,1H3,(H,23,26)/b17-16+. The molecule has 140 valence electrons. The molecule has 0 saturated carbocycles. The normalized spacial score (nSPS) is 17.1. The molecule has 0 radical (unpaired) electrons. The van der Waals surface area contributed by atoms with Gasteiger partial charge in [-0.2, -0.15) is 0 Å². The highest BCUT2D eigenvalue weighted by molar-refractivity contribution is 7.07. The van der Waals surface area contributed by atoms with Crippen LogP contribution in [0.2, 0.25) is 0 Å². The number of carbonyl (C=O) groups is 1. The summed E-state index contributed by atoms with van der Waals surface area (Å²) in [5, 5.41) is 2.83. The average Bonchev–Trinajstić information content (AvgIpc) is 3.17. The maximum Gasteiger partial charge on any atom is 0.272 e. The number of anilines is 2. The number of nitrogens with one attached hydrogen (secondary N) is 1. The lowest BCUT2D eigenvalue weighted by Crippen LogP contribution is -2.43. The van der Waals surface area contributed by atoms with Gasteiger partial charge in [-0.05, 0) is 43.3 Å². The van der Waals surface area contributed by atoms with E-state index in [-0.39, 0.29) is 17.3 Å². The molecular weight excluding hydrogens is 379 g/mol. The molecule has 3 heterocycles. The van der Waals surface area contributed by atoms with E-state index < -0.39 is 0 Å². The van der Waals surface area contributed by atoms with Crippen LogP contribution in [0.3, 0.4) is 0 Å². The van der Waals surface area contributed by atoms with Crippen LogP contribution in [0.1, 0.15) is 11.1 Å². The summed E-state index contributed by atoms with van der Waals surface area (Å²) in [7, 11) is 0. The molecule has 2 aliphatic rings. The summed E-state index contributed by atoms with van der Waals surface area (Å²) in [4.78, 5) is 32.6.